The molecule has 1 aromatic heterocycles. The molecular formula is C24H20F3N5O3S. The normalized spacial score (nSPS) is 11.6. The summed E-state index contributed by atoms with van der Waals surface area (Å²) < 4.78 is 41.2. The van der Waals surface area contributed by atoms with Crippen molar-refractivity contribution in [3.63, 3.8) is 0 Å². The molecule has 1 amide bonds. The molecule has 0 saturated carbocycles. The van der Waals surface area contributed by atoms with Gasteiger partial charge < -0.3 is 5.32 Å². The van der Waals surface area contributed by atoms with Crippen molar-refractivity contribution in [2.75, 3.05) is 6.54 Å². The van der Waals surface area contributed by atoms with Gasteiger partial charge in [-0.25, -0.2) is 0 Å². The fourth-order valence-electron chi connectivity index (χ4n) is 3.71. The van der Waals surface area contributed by atoms with E-state index in [9.17, 15) is 28.1 Å². The minimum Gasteiger partial charge on any atom is -0.356 e. The molecule has 4 rings (SSSR count). The monoisotopic (exact) mass is 515 g/mol. The number of halogens is 3. The van der Waals surface area contributed by atoms with E-state index in [-0.39, 0.29) is 16.0 Å². The van der Waals surface area contributed by atoms with Crippen LogP contribution in [0.3, 0.4) is 0 Å². The Morgan fingerprint density at radius 1 is 1.11 bits per heavy atom. The van der Waals surface area contributed by atoms with Gasteiger partial charge in [-0.05, 0) is 41.8 Å². The number of nitro groups is 1. The van der Waals surface area contributed by atoms with Crippen molar-refractivity contribution in [2.24, 2.45) is 0 Å². The number of carbonyl (C=O) groups excluding carboxylic acids is 1. The molecule has 0 spiro atoms. The molecule has 0 unspecified atom stereocenters. The number of rotatable bonds is 8. The number of nitrogens with one attached hydrogen (secondary N) is 1. The average molecular weight is 516 g/mol. The molecule has 0 aliphatic carbocycles. The zero-order chi connectivity index (χ0) is 25.9. The van der Waals surface area contributed by atoms with E-state index in [0.29, 0.717) is 31.3 Å². The predicted octanol–water partition coefficient (Wildman–Crippen LogP) is 5.57. The van der Waals surface area contributed by atoms with Crippen LogP contribution in [0, 0.1) is 10.1 Å². The van der Waals surface area contributed by atoms with Gasteiger partial charge in [0.25, 0.3) is 5.69 Å². The molecule has 0 atom stereocenters. The highest BCUT2D eigenvalue weighted by atomic mass is 32.2. The lowest BCUT2D eigenvalue weighted by Gasteiger charge is -2.14. The van der Waals surface area contributed by atoms with E-state index in [1.165, 1.54) is 6.92 Å². The van der Waals surface area contributed by atoms with E-state index < -0.39 is 22.4 Å². The highest BCUT2D eigenvalue weighted by Crippen LogP contribution is 2.40. The molecule has 0 aliphatic heterocycles. The molecule has 0 saturated heterocycles. The second kappa shape index (κ2) is 10.4. The summed E-state index contributed by atoms with van der Waals surface area (Å²) in [7, 11) is 0. The van der Waals surface area contributed by atoms with Crippen molar-refractivity contribution in [3.05, 3.63) is 82.2 Å². The molecule has 0 fully saturated rings. The second-order valence-electron chi connectivity index (χ2n) is 7.86. The van der Waals surface area contributed by atoms with Crippen LogP contribution in [0.4, 0.5) is 18.9 Å². The van der Waals surface area contributed by atoms with Crippen molar-refractivity contribution in [1.82, 2.24) is 20.1 Å². The number of benzene rings is 3. The van der Waals surface area contributed by atoms with Crippen LogP contribution in [0.5, 0.6) is 0 Å². The number of amides is 1. The first-order valence-corrected chi connectivity index (χ1v) is 11.7. The summed E-state index contributed by atoms with van der Waals surface area (Å²) >= 11 is 0.867. The average Bonchev–Trinajstić information content (AvgIpc) is 3.22. The molecule has 36 heavy (non-hydrogen) atoms. The molecule has 4 aromatic rings. The van der Waals surface area contributed by atoms with Gasteiger partial charge in [0.05, 0.1) is 21.1 Å². The Morgan fingerprint density at radius 3 is 2.58 bits per heavy atom. The number of hydrogen-bond acceptors (Lipinski definition) is 6. The van der Waals surface area contributed by atoms with Crippen LogP contribution in [0.1, 0.15) is 24.7 Å². The number of nitro benzene ring substituents is 1. The summed E-state index contributed by atoms with van der Waals surface area (Å²) in [6.07, 6.45) is -3.71. The first-order chi connectivity index (χ1) is 17.1. The Bertz CT molecular complexity index is 1430. The third-order valence-corrected chi connectivity index (χ3v) is 6.36. The van der Waals surface area contributed by atoms with E-state index in [4.69, 9.17) is 0 Å². The van der Waals surface area contributed by atoms with Crippen molar-refractivity contribution in [3.8, 4) is 5.69 Å². The van der Waals surface area contributed by atoms with Crippen LogP contribution in [0.25, 0.3) is 16.5 Å². The Hall–Kier alpha value is -3.93. The standard InChI is InChI=1S/C24H20F3N5O3S/c1-15(33)28-13-5-10-22-29-30-23(31(22)19-9-4-7-16-6-2-3-8-18(16)19)36-21-12-11-17(24(25,26)27)14-20(21)32(34)35/h2-4,6-9,11-12,14H,5,10,13H2,1H3,(H,28,33). The molecule has 12 heteroatoms. The van der Waals surface area contributed by atoms with E-state index >= 15 is 0 Å². The maximum atomic E-state index is 13.1. The van der Waals surface area contributed by atoms with Gasteiger partial charge >= 0.3 is 6.18 Å². The number of alkyl halides is 3. The molecule has 8 nitrogen and oxygen atoms in total. The molecule has 0 radical (unpaired) electrons. The molecule has 0 aliphatic rings. The largest absolute Gasteiger partial charge is 0.416 e. The van der Waals surface area contributed by atoms with Gasteiger partial charge in [0.1, 0.15) is 5.82 Å². The van der Waals surface area contributed by atoms with E-state index in [1.54, 1.807) is 4.57 Å². The van der Waals surface area contributed by atoms with Gasteiger partial charge in [-0.2, -0.15) is 13.2 Å². The summed E-state index contributed by atoms with van der Waals surface area (Å²) in [6, 6.07) is 15.7. The fourth-order valence-corrected chi connectivity index (χ4v) is 4.65. The Labute approximate surface area is 207 Å². The van der Waals surface area contributed by atoms with Gasteiger partial charge in [-0.3, -0.25) is 19.5 Å². The van der Waals surface area contributed by atoms with Crippen LogP contribution < -0.4 is 5.32 Å². The lowest BCUT2D eigenvalue weighted by molar-refractivity contribution is -0.388. The summed E-state index contributed by atoms with van der Waals surface area (Å²) in [5, 5.41) is 24.9. The first-order valence-electron chi connectivity index (χ1n) is 10.9. The van der Waals surface area contributed by atoms with Crippen LogP contribution in [0.2, 0.25) is 0 Å². The Kier molecular flexibility index (Phi) is 7.25. The summed E-state index contributed by atoms with van der Waals surface area (Å²) in [5.74, 6) is 0.394. The van der Waals surface area contributed by atoms with E-state index in [2.05, 4.69) is 15.5 Å². The van der Waals surface area contributed by atoms with Gasteiger partial charge in [0, 0.05) is 31.3 Å². The number of fused-ring (bicyclic) bond motifs is 1. The Morgan fingerprint density at radius 2 is 1.86 bits per heavy atom. The topological polar surface area (TPSA) is 103 Å². The van der Waals surface area contributed by atoms with E-state index in [0.717, 1.165) is 40.4 Å². The molecule has 0 bridgehead atoms. The predicted molar refractivity (Wildman–Crippen MR) is 128 cm³/mol. The van der Waals surface area contributed by atoms with Crippen LogP contribution in [-0.4, -0.2) is 32.1 Å². The highest BCUT2D eigenvalue weighted by Gasteiger charge is 2.33. The third kappa shape index (κ3) is 5.48. The van der Waals surface area contributed by atoms with Crippen molar-refractivity contribution >= 4 is 34.1 Å². The lowest BCUT2D eigenvalue weighted by atomic mass is 10.1. The first kappa shape index (κ1) is 25.2. The van der Waals surface area contributed by atoms with Gasteiger partial charge in [0.2, 0.25) is 11.1 Å². The quantitative estimate of drug-likeness (QED) is 0.187. The lowest BCUT2D eigenvalue weighted by Crippen LogP contribution is -2.21. The molecule has 3 aromatic carbocycles. The van der Waals surface area contributed by atoms with Gasteiger partial charge in [0.15, 0.2) is 0 Å². The molecular weight excluding hydrogens is 495 g/mol. The molecule has 186 valence electrons. The second-order valence-corrected chi connectivity index (χ2v) is 8.87. The fraction of sp³-hybridized carbons (Fsp3) is 0.208. The van der Waals surface area contributed by atoms with Crippen LogP contribution in [0.15, 0.2) is 70.7 Å². The van der Waals surface area contributed by atoms with Crippen molar-refractivity contribution < 1.29 is 22.9 Å². The zero-order valence-corrected chi connectivity index (χ0v) is 19.8. The number of aromatic nitrogens is 3. The third-order valence-electron chi connectivity index (χ3n) is 5.34. The molecule has 1 heterocycles. The number of hydrogen-bond donors (Lipinski definition) is 1. The number of aryl methyl sites for hydroxylation is 1. The summed E-state index contributed by atoms with van der Waals surface area (Å²) in [4.78, 5) is 22.0. The SMILES string of the molecule is CC(=O)NCCCc1nnc(Sc2ccc(C(F)(F)F)cc2[N+](=O)[O-])n1-c1cccc2ccccc12. The zero-order valence-electron chi connectivity index (χ0n) is 19.0. The number of nitrogens with zero attached hydrogens (tertiary/aromatic N) is 4. The Balaban J connectivity index is 1.79. The van der Waals surface area contributed by atoms with Crippen molar-refractivity contribution in [2.45, 2.75) is 36.0 Å². The smallest absolute Gasteiger partial charge is 0.356 e. The van der Waals surface area contributed by atoms with Crippen molar-refractivity contribution in [1.29, 1.82) is 0 Å². The van der Waals surface area contributed by atoms with Crippen LogP contribution in [-0.2, 0) is 17.4 Å². The minimum absolute atomic E-state index is 0.00619. The number of carbonyl (C=O) groups is 1. The molecule has 1 N–H and O–H groups in total. The summed E-state index contributed by atoms with van der Waals surface area (Å²) in [5.41, 5.74) is -1.05. The summed E-state index contributed by atoms with van der Waals surface area (Å²) in [6.45, 7) is 1.84. The highest BCUT2D eigenvalue weighted by molar-refractivity contribution is 7.99. The minimum atomic E-state index is -4.71. The van der Waals surface area contributed by atoms with E-state index in [1.807, 2.05) is 42.5 Å². The van der Waals surface area contributed by atoms with Gasteiger partial charge in [-0.15, -0.1) is 10.2 Å². The van der Waals surface area contributed by atoms with Crippen LogP contribution >= 0.6 is 11.8 Å². The maximum Gasteiger partial charge on any atom is 0.416 e. The maximum absolute atomic E-state index is 13.1. The van der Waals surface area contributed by atoms with Gasteiger partial charge in [-0.1, -0.05) is 36.4 Å².